The second-order valence-electron chi connectivity index (χ2n) is 7.78. The molecule has 2 aromatic heterocycles. The van der Waals surface area contributed by atoms with Crippen LogP contribution in [-0.4, -0.2) is 61.3 Å². The average molecular weight is 461 g/mol. The molecule has 32 heavy (non-hydrogen) atoms. The van der Waals surface area contributed by atoms with Crippen LogP contribution in [0.2, 0.25) is 0 Å². The molecule has 5 rings (SSSR count). The molecule has 0 saturated carbocycles. The van der Waals surface area contributed by atoms with E-state index in [4.69, 9.17) is 24.0 Å². The number of nitrogen functional groups attached to an aromatic ring is 1. The fourth-order valence-corrected chi connectivity index (χ4v) is 5.03. The SMILES string of the molecule is Cc1cccc(C2CCOP(OC[C@H]3O[C@@H](n4cnc5c(N)ncnc54)[C@H](O)[C@@H]3O)O2)c1. The van der Waals surface area contributed by atoms with Gasteiger partial charge in [0.25, 0.3) is 0 Å². The van der Waals surface area contributed by atoms with Gasteiger partial charge in [0.1, 0.15) is 30.2 Å². The summed E-state index contributed by atoms with van der Waals surface area (Å²) in [6, 6.07) is 8.13. The monoisotopic (exact) mass is 461 g/mol. The van der Waals surface area contributed by atoms with Gasteiger partial charge in [-0.2, -0.15) is 0 Å². The van der Waals surface area contributed by atoms with E-state index in [-0.39, 0.29) is 18.5 Å². The van der Waals surface area contributed by atoms with Crippen LogP contribution in [0.3, 0.4) is 0 Å². The van der Waals surface area contributed by atoms with Crippen molar-refractivity contribution in [3.8, 4) is 0 Å². The van der Waals surface area contributed by atoms with E-state index in [0.29, 0.717) is 17.8 Å². The first-order valence-electron chi connectivity index (χ1n) is 10.2. The highest BCUT2D eigenvalue weighted by atomic mass is 31.2. The van der Waals surface area contributed by atoms with Crippen molar-refractivity contribution in [2.24, 2.45) is 0 Å². The minimum Gasteiger partial charge on any atom is -0.387 e. The number of aryl methyl sites for hydroxylation is 1. The molecule has 2 aliphatic heterocycles. The summed E-state index contributed by atoms with van der Waals surface area (Å²) in [6.07, 6.45) is -0.720. The number of hydrogen-bond acceptors (Lipinski definition) is 10. The van der Waals surface area contributed by atoms with E-state index in [9.17, 15) is 10.2 Å². The number of rotatable bonds is 5. The van der Waals surface area contributed by atoms with Crippen LogP contribution in [0.1, 0.15) is 29.9 Å². The van der Waals surface area contributed by atoms with Gasteiger partial charge in [-0.3, -0.25) is 4.57 Å². The molecule has 2 aliphatic rings. The van der Waals surface area contributed by atoms with Crippen LogP contribution in [0.25, 0.3) is 11.2 Å². The third-order valence-corrected chi connectivity index (χ3v) is 6.73. The number of hydrogen-bond donors (Lipinski definition) is 3. The Labute approximate surface area is 185 Å². The molecule has 0 spiro atoms. The lowest BCUT2D eigenvalue weighted by Crippen LogP contribution is -2.33. The first-order valence-corrected chi connectivity index (χ1v) is 11.3. The van der Waals surface area contributed by atoms with Crippen LogP contribution in [0.15, 0.2) is 36.9 Å². The fourth-order valence-electron chi connectivity index (χ4n) is 3.87. The van der Waals surface area contributed by atoms with Gasteiger partial charge < -0.3 is 34.3 Å². The predicted octanol–water partition coefficient (Wildman–Crippen LogP) is 1.76. The highest BCUT2D eigenvalue weighted by Gasteiger charge is 2.45. The summed E-state index contributed by atoms with van der Waals surface area (Å²) in [7, 11) is -1.61. The number of aliphatic hydroxyl groups excluding tert-OH is 2. The third kappa shape index (κ3) is 4.08. The quantitative estimate of drug-likeness (QED) is 0.480. The lowest BCUT2D eigenvalue weighted by molar-refractivity contribution is -0.0529. The van der Waals surface area contributed by atoms with Crippen LogP contribution in [0, 0.1) is 6.92 Å². The Balaban J connectivity index is 1.24. The van der Waals surface area contributed by atoms with E-state index in [2.05, 4.69) is 21.0 Å². The maximum atomic E-state index is 10.6. The maximum Gasteiger partial charge on any atom is 0.333 e. The topological polar surface area (TPSA) is 147 Å². The summed E-state index contributed by atoms with van der Waals surface area (Å²) in [4.78, 5) is 12.2. The number of nitrogens with two attached hydrogens (primary N) is 1. The Bertz CT molecular complexity index is 1100. The third-order valence-electron chi connectivity index (χ3n) is 5.55. The smallest absolute Gasteiger partial charge is 0.333 e. The highest BCUT2D eigenvalue weighted by Crippen LogP contribution is 2.50. The summed E-state index contributed by atoms with van der Waals surface area (Å²) in [5, 5.41) is 21.1. The molecule has 4 heterocycles. The van der Waals surface area contributed by atoms with Crippen LogP contribution >= 0.6 is 8.60 Å². The van der Waals surface area contributed by atoms with Crippen molar-refractivity contribution in [2.75, 3.05) is 18.9 Å². The lowest BCUT2D eigenvalue weighted by Gasteiger charge is -2.29. The molecule has 2 fully saturated rings. The number of aromatic nitrogens is 4. The molecule has 0 bridgehead atoms. The Morgan fingerprint density at radius 1 is 1.25 bits per heavy atom. The molecule has 12 heteroatoms. The van der Waals surface area contributed by atoms with Gasteiger partial charge in [-0.25, -0.2) is 15.0 Å². The summed E-state index contributed by atoms with van der Waals surface area (Å²) in [5.74, 6) is 0.222. The van der Waals surface area contributed by atoms with E-state index >= 15 is 0 Å². The molecule has 4 N–H and O–H groups in total. The molecular formula is C20H24N5O6P. The highest BCUT2D eigenvalue weighted by molar-refractivity contribution is 7.41. The minimum absolute atomic E-state index is 0.00921. The zero-order valence-corrected chi connectivity index (χ0v) is 18.2. The van der Waals surface area contributed by atoms with Crippen LogP contribution < -0.4 is 5.73 Å². The molecule has 11 nitrogen and oxygen atoms in total. The van der Waals surface area contributed by atoms with Crippen molar-refractivity contribution in [1.82, 2.24) is 19.5 Å². The maximum absolute atomic E-state index is 10.6. The van der Waals surface area contributed by atoms with Crippen molar-refractivity contribution in [3.05, 3.63) is 48.0 Å². The largest absolute Gasteiger partial charge is 0.387 e. The van der Waals surface area contributed by atoms with Crippen LogP contribution in [0.4, 0.5) is 5.82 Å². The summed E-state index contributed by atoms with van der Waals surface area (Å²) in [5.41, 5.74) is 8.85. The number of anilines is 1. The molecular weight excluding hydrogens is 437 g/mol. The van der Waals surface area contributed by atoms with E-state index < -0.39 is 33.1 Å². The standard InChI is InChI=1S/C20H24N5O6P/c1-11-3-2-4-12(7-11)13-5-6-28-32(31-13)29-8-14-16(26)17(27)20(30-14)25-10-24-15-18(21)22-9-23-19(15)25/h2-4,7,9-10,13-14,16-17,20,26-27H,5-6,8H2,1H3,(H2,21,22,23)/t13?,14-,16-,17-,20-,32?/m1/s1. The molecule has 1 aromatic carbocycles. The van der Waals surface area contributed by atoms with Gasteiger partial charge in [-0.15, -0.1) is 0 Å². The van der Waals surface area contributed by atoms with Gasteiger partial charge in [-0.1, -0.05) is 29.8 Å². The number of aliphatic hydroxyl groups is 2. The molecule has 0 aliphatic carbocycles. The Kier molecular flexibility index (Phi) is 6.04. The lowest BCUT2D eigenvalue weighted by atomic mass is 10.0. The first-order chi connectivity index (χ1) is 15.5. The van der Waals surface area contributed by atoms with Gasteiger partial charge in [0.15, 0.2) is 17.7 Å². The Morgan fingerprint density at radius 2 is 2.12 bits per heavy atom. The van der Waals surface area contributed by atoms with Gasteiger partial charge in [0.2, 0.25) is 0 Å². The van der Waals surface area contributed by atoms with Crippen LogP contribution in [-0.2, 0) is 18.3 Å². The summed E-state index contributed by atoms with van der Waals surface area (Å²) >= 11 is 0. The molecule has 0 radical (unpaired) electrons. The number of nitrogens with zero attached hydrogens (tertiary/aromatic N) is 4. The zero-order chi connectivity index (χ0) is 22.2. The Hall–Kier alpha value is -2.24. The summed E-state index contributed by atoms with van der Waals surface area (Å²) in [6.45, 7) is 2.53. The molecule has 2 unspecified atom stereocenters. The molecule has 3 aromatic rings. The van der Waals surface area contributed by atoms with Crippen LogP contribution in [0.5, 0.6) is 0 Å². The van der Waals surface area contributed by atoms with Gasteiger partial charge in [0.05, 0.1) is 25.6 Å². The van der Waals surface area contributed by atoms with Crippen molar-refractivity contribution < 1.29 is 28.5 Å². The normalized spacial score (nSPS) is 30.7. The number of imidazole rings is 1. The minimum atomic E-state index is -1.61. The Morgan fingerprint density at radius 3 is 2.97 bits per heavy atom. The van der Waals surface area contributed by atoms with Crippen molar-refractivity contribution in [3.63, 3.8) is 0 Å². The summed E-state index contributed by atoms with van der Waals surface area (Å²) < 4.78 is 24.8. The molecule has 170 valence electrons. The van der Waals surface area contributed by atoms with E-state index in [1.165, 1.54) is 17.2 Å². The van der Waals surface area contributed by atoms with Gasteiger partial charge in [0, 0.05) is 6.42 Å². The zero-order valence-electron chi connectivity index (χ0n) is 17.3. The number of ether oxygens (including phenoxy) is 1. The number of fused-ring (bicyclic) bond motifs is 1. The predicted molar refractivity (Wildman–Crippen MR) is 114 cm³/mol. The van der Waals surface area contributed by atoms with Gasteiger partial charge in [-0.05, 0) is 12.5 Å². The second kappa shape index (κ2) is 8.95. The average Bonchev–Trinajstić information content (AvgIpc) is 3.35. The van der Waals surface area contributed by atoms with Crippen molar-refractivity contribution in [1.29, 1.82) is 0 Å². The number of benzene rings is 1. The van der Waals surface area contributed by atoms with E-state index in [0.717, 1.165) is 17.5 Å². The van der Waals surface area contributed by atoms with Crippen molar-refractivity contribution in [2.45, 2.75) is 44.0 Å². The van der Waals surface area contributed by atoms with Gasteiger partial charge >= 0.3 is 8.60 Å². The first kappa shape index (κ1) is 21.6. The van der Waals surface area contributed by atoms with E-state index in [1.54, 1.807) is 0 Å². The molecule has 6 atom stereocenters. The van der Waals surface area contributed by atoms with Crippen molar-refractivity contribution >= 4 is 25.6 Å². The second-order valence-corrected chi connectivity index (χ2v) is 8.95. The molecule has 0 amide bonds. The fraction of sp³-hybridized carbons (Fsp3) is 0.450. The van der Waals surface area contributed by atoms with E-state index in [1.807, 2.05) is 25.1 Å². The molecule has 2 saturated heterocycles.